The van der Waals surface area contributed by atoms with E-state index < -0.39 is 6.04 Å². The molecule has 0 bridgehead atoms. The van der Waals surface area contributed by atoms with Crippen LogP contribution in [0.15, 0.2) is 48.5 Å². The zero-order chi connectivity index (χ0) is 19.2. The van der Waals surface area contributed by atoms with Gasteiger partial charge in [-0.25, -0.2) is 0 Å². The van der Waals surface area contributed by atoms with Crippen LogP contribution in [0.3, 0.4) is 0 Å². The molecule has 3 rings (SSSR count). The van der Waals surface area contributed by atoms with Crippen LogP contribution in [-0.2, 0) is 16.1 Å². The molecule has 1 aliphatic carbocycles. The summed E-state index contributed by atoms with van der Waals surface area (Å²) in [5.41, 5.74) is 2.00. The first-order valence-electron chi connectivity index (χ1n) is 9.43. The smallest absolute Gasteiger partial charge is 0.242 e. The summed E-state index contributed by atoms with van der Waals surface area (Å²) in [7, 11) is 0. The molecule has 1 unspecified atom stereocenters. The SMILES string of the molecule is Cc1cccc(Oc2ccccc2CNC(=O)C(C)NC(=O)C2CCC2)c1. The van der Waals surface area contributed by atoms with Crippen molar-refractivity contribution >= 4 is 11.8 Å². The van der Waals surface area contributed by atoms with E-state index in [-0.39, 0.29) is 17.7 Å². The van der Waals surface area contributed by atoms with Crippen molar-refractivity contribution in [2.45, 2.75) is 45.7 Å². The molecule has 1 saturated carbocycles. The lowest BCUT2D eigenvalue weighted by atomic mass is 9.84. The van der Waals surface area contributed by atoms with E-state index in [1.54, 1.807) is 6.92 Å². The van der Waals surface area contributed by atoms with Crippen LogP contribution in [-0.4, -0.2) is 17.9 Å². The highest BCUT2D eigenvalue weighted by molar-refractivity contribution is 5.88. The topological polar surface area (TPSA) is 67.4 Å². The molecule has 5 heteroatoms. The number of para-hydroxylation sites is 1. The molecule has 0 heterocycles. The van der Waals surface area contributed by atoms with Gasteiger partial charge in [0.15, 0.2) is 0 Å². The van der Waals surface area contributed by atoms with Gasteiger partial charge in [0.25, 0.3) is 0 Å². The molecule has 0 aromatic heterocycles. The van der Waals surface area contributed by atoms with Gasteiger partial charge in [-0.1, -0.05) is 36.8 Å². The highest BCUT2D eigenvalue weighted by Gasteiger charge is 2.27. The van der Waals surface area contributed by atoms with Crippen molar-refractivity contribution in [1.82, 2.24) is 10.6 Å². The first-order valence-corrected chi connectivity index (χ1v) is 9.43. The van der Waals surface area contributed by atoms with Crippen molar-refractivity contribution in [2.24, 2.45) is 5.92 Å². The molecule has 142 valence electrons. The van der Waals surface area contributed by atoms with E-state index in [2.05, 4.69) is 10.6 Å². The largest absolute Gasteiger partial charge is 0.457 e. The van der Waals surface area contributed by atoms with Gasteiger partial charge in [-0.2, -0.15) is 0 Å². The minimum atomic E-state index is -0.553. The van der Waals surface area contributed by atoms with Crippen molar-refractivity contribution in [3.05, 3.63) is 59.7 Å². The second-order valence-corrected chi connectivity index (χ2v) is 7.10. The lowest BCUT2D eigenvalue weighted by Gasteiger charge is -2.25. The lowest BCUT2D eigenvalue weighted by Crippen LogP contribution is -2.47. The second kappa shape index (κ2) is 8.71. The highest BCUT2D eigenvalue weighted by atomic mass is 16.5. The monoisotopic (exact) mass is 366 g/mol. The van der Waals surface area contributed by atoms with Crippen LogP contribution < -0.4 is 15.4 Å². The summed E-state index contributed by atoms with van der Waals surface area (Å²) in [6, 6.07) is 14.9. The minimum absolute atomic E-state index is 0.0212. The lowest BCUT2D eigenvalue weighted by molar-refractivity contribution is -0.132. The molecule has 5 nitrogen and oxygen atoms in total. The molecule has 0 spiro atoms. The van der Waals surface area contributed by atoms with Crippen LogP contribution in [0.25, 0.3) is 0 Å². The Morgan fingerprint density at radius 1 is 1.15 bits per heavy atom. The maximum absolute atomic E-state index is 12.3. The zero-order valence-corrected chi connectivity index (χ0v) is 15.8. The molecule has 0 aliphatic heterocycles. The predicted molar refractivity (Wildman–Crippen MR) is 104 cm³/mol. The van der Waals surface area contributed by atoms with Crippen molar-refractivity contribution in [3.8, 4) is 11.5 Å². The molecule has 2 N–H and O–H groups in total. The molecule has 1 aliphatic rings. The third-order valence-corrected chi connectivity index (χ3v) is 4.87. The number of benzene rings is 2. The van der Waals surface area contributed by atoms with Gasteiger partial charge in [0, 0.05) is 18.0 Å². The molecule has 27 heavy (non-hydrogen) atoms. The van der Waals surface area contributed by atoms with Gasteiger partial charge in [-0.05, 0) is 50.5 Å². The summed E-state index contributed by atoms with van der Waals surface area (Å²) < 4.78 is 5.98. The Hall–Kier alpha value is -2.82. The predicted octanol–water partition coefficient (Wildman–Crippen LogP) is 3.71. The van der Waals surface area contributed by atoms with Gasteiger partial charge in [0.2, 0.25) is 11.8 Å². The van der Waals surface area contributed by atoms with Crippen molar-refractivity contribution in [2.75, 3.05) is 0 Å². The second-order valence-electron chi connectivity index (χ2n) is 7.10. The summed E-state index contributed by atoms with van der Waals surface area (Å²) in [5.74, 6) is 1.31. The average molecular weight is 366 g/mol. The fraction of sp³-hybridized carbons (Fsp3) is 0.364. The Balaban J connectivity index is 1.57. The van der Waals surface area contributed by atoms with E-state index in [9.17, 15) is 9.59 Å². The van der Waals surface area contributed by atoms with E-state index in [0.29, 0.717) is 12.3 Å². The molecule has 1 atom stereocenters. The number of rotatable bonds is 7. The highest BCUT2D eigenvalue weighted by Crippen LogP contribution is 2.27. The van der Waals surface area contributed by atoms with Gasteiger partial charge >= 0.3 is 0 Å². The molecule has 1 fully saturated rings. The molecule has 0 radical (unpaired) electrons. The Bertz CT molecular complexity index is 815. The fourth-order valence-corrected chi connectivity index (χ4v) is 2.96. The van der Waals surface area contributed by atoms with Crippen LogP contribution >= 0.6 is 0 Å². The number of nitrogens with one attached hydrogen (secondary N) is 2. The van der Waals surface area contributed by atoms with Crippen molar-refractivity contribution in [3.63, 3.8) is 0 Å². The summed E-state index contributed by atoms with van der Waals surface area (Å²) in [6.45, 7) is 4.06. The quantitative estimate of drug-likeness (QED) is 0.785. The summed E-state index contributed by atoms with van der Waals surface area (Å²) in [5, 5.41) is 5.68. The summed E-state index contributed by atoms with van der Waals surface area (Å²) in [6.07, 6.45) is 2.93. The standard InChI is InChI=1S/C22H26N2O3/c1-15-7-5-11-19(13-15)27-20-12-4-3-8-18(20)14-23-21(25)16(2)24-22(26)17-9-6-10-17/h3-5,7-8,11-13,16-17H,6,9-10,14H2,1-2H3,(H,23,25)(H,24,26). The van der Waals surface area contributed by atoms with Crippen molar-refractivity contribution in [1.29, 1.82) is 0 Å². The number of ether oxygens (including phenoxy) is 1. The fourth-order valence-electron chi connectivity index (χ4n) is 2.96. The van der Waals surface area contributed by atoms with E-state index in [0.717, 1.165) is 36.1 Å². The summed E-state index contributed by atoms with van der Waals surface area (Å²) in [4.78, 5) is 24.3. The molecule has 0 saturated heterocycles. The van der Waals surface area contributed by atoms with Gasteiger partial charge in [-0.3, -0.25) is 9.59 Å². The zero-order valence-electron chi connectivity index (χ0n) is 15.8. The number of hydrogen-bond donors (Lipinski definition) is 2. The molecule has 2 amide bonds. The first kappa shape index (κ1) is 19.0. The van der Waals surface area contributed by atoms with Gasteiger partial charge in [-0.15, -0.1) is 0 Å². The van der Waals surface area contributed by atoms with E-state index >= 15 is 0 Å². The first-order chi connectivity index (χ1) is 13.0. The third-order valence-electron chi connectivity index (χ3n) is 4.87. The van der Waals surface area contributed by atoms with Crippen molar-refractivity contribution < 1.29 is 14.3 Å². The normalized spacial score (nSPS) is 14.7. The Kier molecular flexibility index (Phi) is 6.12. The van der Waals surface area contributed by atoms with Gasteiger partial charge in [0.1, 0.15) is 17.5 Å². The minimum Gasteiger partial charge on any atom is -0.457 e. The maximum Gasteiger partial charge on any atom is 0.242 e. The number of aryl methyl sites for hydroxylation is 1. The Morgan fingerprint density at radius 2 is 1.93 bits per heavy atom. The molecule has 2 aromatic rings. The number of carbonyl (C=O) groups is 2. The third kappa shape index (κ3) is 5.09. The molecule has 2 aromatic carbocycles. The molecular formula is C22H26N2O3. The number of hydrogen-bond acceptors (Lipinski definition) is 3. The molecular weight excluding hydrogens is 340 g/mol. The Morgan fingerprint density at radius 3 is 2.63 bits per heavy atom. The Labute approximate surface area is 160 Å². The van der Waals surface area contributed by atoms with Crippen LogP contribution in [0.4, 0.5) is 0 Å². The van der Waals surface area contributed by atoms with E-state index in [1.165, 1.54) is 0 Å². The van der Waals surface area contributed by atoms with Gasteiger partial charge in [0.05, 0.1) is 0 Å². The van der Waals surface area contributed by atoms with Crippen LogP contribution in [0.5, 0.6) is 11.5 Å². The van der Waals surface area contributed by atoms with Crippen LogP contribution in [0.1, 0.15) is 37.3 Å². The number of amides is 2. The van der Waals surface area contributed by atoms with E-state index in [4.69, 9.17) is 4.74 Å². The van der Waals surface area contributed by atoms with Gasteiger partial charge < -0.3 is 15.4 Å². The average Bonchev–Trinajstić information content (AvgIpc) is 2.59. The van der Waals surface area contributed by atoms with E-state index in [1.807, 2.05) is 55.5 Å². The summed E-state index contributed by atoms with van der Waals surface area (Å²) >= 11 is 0. The maximum atomic E-state index is 12.3. The van der Waals surface area contributed by atoms with Crippen LogP contribution in [0.2, 0.25) is 0 Å². The number of carbonyl (C=O) groups excluding carboxylic acids is 2. The van der Waals surface area contributed by atoms with Crippen LogP contribution in [0, 0.1) is 12.8 Å².